The second-order valence-electron chi connectivity index (χ2n) is 4.11. The van der Waals surface area contributed by atoms with Gasteiger partial charge in [0.2, 0.25) is 0 Å². The van der Waals surface area contributed by atoms with E-state index in [4.69, 9.17) is 27.9 Å². The molecule has 0 fully saturated rings. The number of pyridine rings is 1. The molecule has 0 atom stereocenters. The quantitative estimate of drug-likeness (QED) is 0.537. The van der Waals surface area contributed by atoms with E-state index in [9.17, 15) is 4.79 Å². The molecule has 0 spiro atoms. The molecule has 2 heterocycles. The Hall–Kier alpha value is -1.76. The van der Waals surface area contributed by atoms with Gasteiger partial charge in [0.05, 0.1) is 11.1 Å². The van der Waals surface area contributed by atoms with Gasteiger partial charge >= 0.3 is 5.97 Å². The fraction of sp³-hybridized carbons (Fsp3) is 0.0769. The number of halogens is 2. The van der Waals surface area contributed by atoms with Crippen molar-refractivity contribution in [2.24, 2.45) is 0 Å². The fourth-order valence-corrected chi connectivity index (χ4v) is 2.48. The van der Waals surface area contributed by atoms with Crippen molar-refractivity contribution in [2.75, 3.05) is 0 Å². The molecule has 21 heavy (non-hydrogen) atoms. The monoisotopic (exact) mass is 339 g/mol. The minimum atomic E-state index is -0.462. The van der Waals surface area contributed by atoms with Crippen LogP contribution in [-0.2, 0) is 11.3 Å². The molecule has 0 aliphatic heterocycles. The molecule has 3 rings (SSSR count). The smallest absolute Gasteiger partial charge is 0.338 e. The standard InChI is InChI=1S/C13H7Cl2N3O2S/c14-11-4-2-7-5-8(1-3-9(7)16-11)13(19)20-6-10-12(15)21-18-17-10/h1-5H,6H2. The van der Waals surface area contributed by atoms with E-state index >= 15 is 0 Å². The molecular weight excluding hydrogens is 333 g/mol. The Balaban J connectivity index is 1.78. The number of esters is 1. The molecule has 0 radical (unpaired) electrons. The van der Waals surface area contributed by atoms with Crippen LogP contribution in [-0.4, -0.2) is 20.5 Å². The number of benzene rings is 1. The molecule has 106 valence electrons. The van der Waals surface area contributed by atoms with E-state index < -0.39 is 5.97 Å². The fourth-order valence-electron chi connectivity index (χ4n) is 1.73. The van der Waals surface area contributed by atoms with Crippen molar-refractivity contribution >= 4 is 51.6 Å². The number of carbonyl (C=O) groups excluding carboxylic acids is 1. The van der Waals surface area contributed by atoms with Gasteiger partial charge in [-0.2, -0.15) is 0 Å². The summed E-state index contributed by atoms with van der Waals surface area (Å²) in [7, 11) is 0. The Morgan fingerprint density at radius 1 is 1.24 bits per heavy atom. The zero-order chi connectivity index (χ0) is 14.8. The first kappa shape index (κ1) is 14.2. The Morgan fingerprint density at radius 3 is 2.86 bits per heavy atom. The van der Waals surface area contributed by atoms with Crippen molar-refractivity contribution in [3.63, 3.8) is 0 Å². The van der Waals surface area contributed by atoms with Gasteiger partial charge in [0, 0.05) is 16.9 Å². The van der Waals surface area contributed by atoms with Crippen LogP contribution in [0.5, 0.6) is 0 Å². The third-order valence-electron chi connectivity index (χ3n) is 2.74. The maximum absolute atomic E-state index is 12.0. The number of hydrogen-bond donors (Lipinski definition) is 0. The number of fused-ring (bicyclic) bond motifs is 1. The summed E-state index contributed by atoms with van der Waals surface area (Å²) in [6, 6.07) is 8.51. The molecular formula is C13H7Cl2N3O2S. The summed E-state index contributed by atoms with van der Waals surface area (Å²) < 4.78 is 9.25. The lowest BCUT2D eigenvalue weighted by atomic mass is 10.1. The van der Waals surface area contributed by atoms with Gasteiger partial charge in [-0.05, 0) is 30.3 Å². The van der Waals surface area contributed by atoms with Gasteiger partial charge in [0.1, 0.15) is 21.8 Å². The first-order valence-corrected chi connectivity index (χ1v) is 7.36. The van der Waals surface area contributed by atoms with Crippen LogP contribution in [0, 0.1) is 0 Å². The van der Waals surface area contributed by atoms with Gasteiger partial charge < -0.3 is 4.74 Å². The van der Waals surface area contributed by atoms with E-state index in [1.807, 2.05) is 0 Å². The van der Waals surface area contributed by atoms with Crippen LogP contribution in [0.3, 0.4) is 0 Å². The lowest BCUT2D eigenvalue weighted by Crippen LogP contribution is -2.05. The van der Waals surface area contributed by atoms with E-state index in [2.05, 4.69) is 14.6 Å². The average molecular weight is 340 g/mol. The van der Waals surface area contributed by atoms with Crippen molar-refractivity contribution in [3.8, 4) is 0 Å². The van der Waals surface area contributed by atoms with Crippen molar-refractivity contribution in [1.82, 2.24) is 14.6 Å². The highest BCUT2D eigenvalue weighted by Crippen LogP contribution is 2.20. The van der Waals surface area contributed by atoms with E-state index in [1.165, 1.54) is 0 Å². The largest absolute Gasteiger partial charge is 0.455 e. The summed E-state index contributed by atoms with van der Waals surface area (Å²) in [5.74, 6) is -0.462. The first-order valence-electron chi connectivity index (χ1n) is 5.83. The summed E-state index contributed by atoms with van der Waals surface area (Å²) in [5.41, 5.74) is 1.58. The maximum Gasteiger partial charge on any atom is 0.338 e. The summed E-state index contributed by atoms with van der Waals surface area (Å²) in [6.07, 6.45) is 0. The number of rotatable bonds is 3. The molecule has 0 saturated heterocycles. The topological polar surface area (TPSA) is 65.0 Å². The van der Waals surface area contributed by atoms with E-state index in [0.717, 1.165) is 16.9 Å². The predicted octanol–water partition coefficient (Wildman–Crippen LogP) is 3.75. The molecule has 3 aromatic rings. The van der Waals surface area contributed by atoms with Crippen molar-refractivity contribution in [3.05, 3.63) is 51.1 Å². The molecule has 0 amide bonds. The Kier molecular flexibility index (Phi) is 4.01. The third-order valence-corrected chi connectivity index (χ3v) is 3.94. The van der Waals surface area contributed by atoms with Crippen molar-refractivity contribution in [2.45, 2.75) is 6.61 Å². The van der Waals surface area contributed by atoms with E-state index in [0.29, 0.717) is 26.3 Å². The number of hydrogen-bond acceptors (Lipinski definition) is 6. The number of aromatic nitrogens is 3. The summed E-state index contributed by atoms with van der Waals surface area (Å²) in [4.78, 5) is 16.2. The summed E-state index contributed by atoms with van der Waals surface area (Å²) >= 11 is 12.7. The lowest BCUT2D eigenvalue weighted by molar-refractivity contribution is 0.0468. The van der Waals surface area contributed by atoms with Crippen LogP contribution < -0.4 is 0 Å². The van der Waals surface area contributed by atoms with Gasteiger partial charge in [-0.3, -0.25) is 0 Å². The summed E-state index contributed by atoms with van der Waals surface area (Å²) in [6.45, 7) is -0.00886. The lowest BCUT2D eigenvalue weighted by Gasteiger charge is -2.04. The maximum atomic E-state index is 12.0. The van der Waals surface area contributed by atoms with Crippen LogP contribution in [0.2, 0.25) is 9.49 Å². The zero-order valence-corrected chi connectivity index (χ0v) is 12.7. The van der Waals surface area contributed by atoms with E-state index in [1.54, 1.807) is 30.3 Å². The predicted molar refractivity (Wildman–Crippen MR) is 80.8 cm³/mol. The van der Waals surface area contributed by atoms with Gasteiger partial charge in [0.25, 0.3) is 0 Å². The molecule has 0 unspecified atom stereocenters. The van der Waals surface area contributed by atoms with Crippen LogP contribution in [0.25, 0.3) is 10.9 Å². The molecule has 5 nitrogen and oxygen atoms in total. The van der Waals surface area contributed by atoms with E-state index in [-0.39, 0.29) is 6.61 Å². The average Bonchev–Trinajstić information content (AvgIpc) is 2.89. The minimum absolute atomic E-state index is 0.00886. The Labute approximate surface area is 133 Å². The molecule has 2 aromatic heterocycles. The molecule has 0 N–H and O–H groups in total. The molecule has 0 bridgehead atoms. The van der Waals surface area contributed by atoms with Crippen LogP contribution in [0.4, 0.5) is 0 Å². The third kappa shape index (κ3) is 3.12. The minimum Gasteiger partial charge on any atom is -0.455 e. The number of carbonyl (C=O) groups is 1. The second-order valence-corrected chi connectivity index (χ2v) is 5.85. The number of ether oxygens (including phenoxy) is 1. The van der Waals surface area contributed by atoms with Gasteiger partial charge in [-0.1, -0.05) is 27.7 Å². The van der Waals surface area contributed by atoms with Crippen molar-refractivity contribution < 1.29 is 9.53 Å². The van der Waals surface area contributed by atoms with Crippen LogP contribution >= 0.6 is 34.7 Å². The van der Waals surface area contributed by atoms with Gasteiger partial charge in [-0.25, -0.2) is 9.78 Å². The second kappa shape index (κ2) is 5.93. The highest BCUT2D eigenvalue weighted by atomic mass is 35.5. The summed E-state index contributed by atoms with van der Waals surface area (Å²) in [5, 5.41) is 4.99. The van der Waals surface area contributed by atoms with Crippen LogP contribution in [0.15, 0.2) is 30.3 Å². The molecule has 0 saturated carbocycles. The first-order chi connectivity index (χ1) is 10.1. The SMILES string of the molecule is O=C(OCc1nnsc1Cl)c1ccc2nc(Cl)ccc2c1. The Morgan fingerprint density at radius 2 is 2.10 bits per heavy atom. The molecule has 1 aromatic carbocycles. The molecule has 8 heteroatoms. The zero-order valence-electron chi connectivity index (χ0n) is 10.4. The van der Waals surface area contributed by atoms with Gasteiger partial charge in [-0.15, -0.1) is 5.10 Å². The van der Waals surface area contributed by atoms with Gasteiger partial charge in [0.15, 0.2) is 0 Å². The highest BCUT2D eigenvalue weighted by Gasteiger charge is 2.12. The number of nitrogens with zero attached hydrogens (tertiary/aromatic N) is 3. The van der Waals surface area contributed by atoms with Crippen molar-refractivity contribution in [1.29, 1.82) is 0 Å². The van der Waals surface area contributed by atoms with Crippen LogP contribution in [0.1, 0.15) is 16.1 Å². The molecule has 0 aliphatic rings. The normalized spacial score (nSPS) is 10.8. The molecule has 0 aliphatic carbocycles. The Bertz CT molecular complexity index is 822. The highest BCUT2D eigenvalue weighted by molar-refractivity contribution is 7.10.